The van der Waals surface area contributed by atoms with Crippen LogP contribution in [0.3, 0.4) is 0 Å². The van der Waals surface area contributed by atoms with Crippen LogP contribution in [0.2, 0.25) is 5.28 Å². The van der Waals surface area contributed by atoms with Crippen LogP contribution in [0.1, 0.15) is 28.0 Å². The highest BCUT2D eigenvalue weighted by molar-refractivity contribution is 6.28. The second-order valence-corrected chi connectivity index (χ2v) is 5.58. The Kier molecular flexibility index (Phi) is 3.56. The molecule has 2 N–H and O–H groups in total. The quantitative estimate of drug-likeness (QED) is 0.864. The molecule has 0 bridgehead atoms. The number of nitrogens with two attached hydrogens (primary N) is 1. The van der Waals surface area contributed by atoms with E-state index in [4.69, 9.17) is 17.3 Å². The van der Waals surface area contributed by atoms with Crippen molar-refractivity contribution in [2.24, 2.45) is 5.73 Å². The van der Waals surface area contributed by atoms with Crippen LogP contribution in [0, 0.1) is 0 Å². The van der Waals surface area contributed by atoms with Gasteiger partial charge in [0.05, 0.1) is 5.69 Å². The second kappa shape index (κ2) is 5.28. The molecule has 0 saturated heterocycles. The largest absolute Gasteiger partial charge is 0.366 e. The average molecular weight is 324 g/mol. The summed E-state index contributed by atoms with van der Waals surface area (Å²) in [5.41, 5.74) is 7.47. The first kappa shape index (κ1) is 14.8. The van der Waals surface area contributed by atoms with Crippen LogP contribution in [0.5, 0.6) is 0 Å². The highest BCUT2D eigenvalue weighted by atomic mass is 35.5. The predicted molar refractivity (Wildman–Crippen MR) is 78.0 cm³/mol. The molecule has 0 aliphatic heterocycles. The van der Waals surface area contributed by atoms with Crippen LogP contribution >= 0.6 is 11.6 Å². The molecule has 0 spiro atoms. The van der Waals surface area contributed by atoms with Crippen LogP contribution in [-0.4, -0.2) is 21.8 Å². The average Bonchev–Trinajstić information content (AvgIpc) is 2.46. The zero-order valence-corrected chi connectivity index (χ0v) is 12.2. The Morgan fingerprint density at radius 2 is 1.91 bits per heavy atom. The molecule has 1 aliphatic rings. The number of aromatic nitrogens is 2. The number of benzene rings is 1. The van der Waals surface area contributed by atoms with Crippen molar-refractivity contribution in [3.05, 3.63) is 46.4 Å². The van der Waals surface area contributed by atoms with Crippen molar-refractivity contribution >= 4 is 17.5 Å². The molecule has 0 atom stereocenters. The lowest BCUT2D eigenvalue weighted by atomic mass is 9.89. The number of fused-ring (bicyclic) bond motifs is 1. The number of amides is 1. The number of halogens is 3. The molecule has 1 amide bonds. The van der Waals surface area contributed by atoms with Crippen LogP contribution in [0.4, 0.5) is 8.78 Å². The number of nitrogens with zero attached hydrogens (tertiary/aromatic N) is 2. The van der Waals surface area contributed by atoms with Gasteiger partial charge in [0.25, 0.3) is 5.92 Å². The number of alkyl halides is 2. The summed E-state index contributed by atoms with van der Waals surface area (Å²) in [5, 5.41) is 0.0259. The zero-order valence-electron chi connectivity index (χ0n) is 11.4. The lowest BCUT2D eigenvalue weighted by molar-refractivity contribution is -0.0127. The number of primary amides is 1. The first-order chi connectivity index (χ1) is 10.4. The van der Waals surface area contributed by atoms with E-state index in [2.05, 4.69) is 9.97 Å². The van der Waals surface area contributed by atoms with Gasteiger partial charge in [-0.15, -0.1) is 0 Å². The Labute approximate surface area is 130 Å². The van der Waals surface area contributed by atoms with Crippen molar-refractivity contribution in [3.8, 4) is 11.3 Å². The summed E-state index contributed by atoms with van der Waals surface area (Å²) in [6.07, 6.45) is -0.489. The maximum Gasteiger partial charge on any atom is 0.252 e. The molecule has 114 valence electrons. The van der Waals surface area contributed by atoms with E-state index in [1.165, 1.54) is 12.1 Å². The third-order valence-electron chi connectivity index (χ3n) is 3.67. The van der Waals surface area contributed by atoms with Crippen molar-refractivity contribution in [2.75, 3.05) is 0 Å². The molecular weight excluding hydrogens is 312 g/mol. The molecule has 1 aliphatic carbocycles. The molecule has 7 heteroatoms. The Morgan fingerprint density at radius 3 is 2.55 bits per heavy atom. The monoisotopic (exact) mass is 323 g/mol. The van der Waals surface area contributed by atoms with E-state index in [0.717, 1.165) is 0 Å². The van der Waals surface area contributed by atoms with Gasteiger partial charge in [-0.25, -0.2) is 18.7 Å². The highest BCUT2D eigenvalue weighted by Gasteiger charge is 2.36. The molecule has 3 rings (SSSR count). The lowest BCUT2D eigenvalue weighted by Crippen LogP contribution is -2.27. The van der Waals surface area contributed by atoms with Crippen molar-refractivity contribution in [2.45, 2.75) is 25.2 Å². The van der Waals surface area contributed by atoms with Gasteiger partial charge in [-0.1, -0.05) is 12.1 Å². The Morgan fingerprint density at radius 1 is 1.23 bits per heavy atom. The summed E-state index contributed by atoms with van der Waals surface area (Å²) in [5.74, 6) is -3.33. The minimum Gasteiger partial charge on any atom is -0.366 e. The fraction of sp³-hybridized carbons (Fsp3) is 0.267. The van der Waals surface area contributed by atoms with Gasteiger partial charge >= 0.3 is 0 Å². The number of aryl methyl sites for hydroxylation is 1. The van der Waals surface area contributed by atoms with Gasteiger partial charge < -0.3 is 5.73 Å². The summed E-state index contributed by atoms with van der Waals surface area (Å²) in [7, 11) is 0. The van der Waals surface area contributed by atoms with Crippen LogP contribution in [0.15, 0.2) is 24.3 Å². The minimum atomic E-state index is -2.77. The maximum atomic E-state index is 13.7. The number of hydrogen-bond donors (Lipinski definition) is 1. The molecule has 1 aromatic carbocycles. The van der Waals surface area contributed by atoms with Gasteiger partial charge in [0, 0.05) is 35.2 Å². The standard InChI is InChI=1S/C15H12ClF2N3O/c16-14-20-11-5-6-15(17,18)7-10(11)12(21-14)8-1-3-9(4-2-8)13(19)22/h1-4H,5-7H2,(H2,19,22). The summed E-state index contributed by atoms with van der Waals surface area (Å²) in [6.45, 7) is 0. The smallest absolute Gasteiger partial charge is 0.252 e. The third kappa shape index (κ3) is 2.78. The van der Waals surface area contributed by atoms with Gasteiger partial charge in [0.15, 0.2) is 0 Å². The fourth-order valence-electron chi connectivity index (χ4n) is 2.57. The van der Waals surface area contributed by atoms with Crippen LogP contribution in [-0.2, 0) is 12.8 Å². The lowest BCUT2D eigenvalue weighted by Gasteiger charge is -2.25. The van der Waals surface area contributed by atoms with Crippen LogP contribution < -0.4 is 5.73 Å². The summed E-state index contributed by atoms with van der Waals surface area (Å²) in [4.78, 5) is 19.3. The Bertz CT molecular complexity index is 747. The number of carbonyl (C=O) groups excluding carboxylic acids is 1. The van der Waals surface area contributed by atoms with E-state index in [9.17, 15) is 13.6 Å². The van der Waals surface area contributed by atoms with E-state index in [-0.39, 0.29) is 18.1 Å². The molecule has 4 nitrogen and oxygen atoms in total. The molecule has 2 aromatic rings. The molecular formula is C15H12ClF2N3O. The van der Waals surface area contributed by atoms with Crippen molar-refractivity contribution < 1.29 is 13.6 Å². The highest BCUT2D eigenvalue weighted by Crippen LogP contribution is 2.37. The topological polar surface area (TPSA) is 68.9 Å². The first-order valence-electron chi connectivity index (χ1n) is 6.69. The van der Waals surface area contributed by atoms with Gasteiger partial charge in [0.1, 0.15) is 0 Å². The van der Waals surface area contributed by atoms with Gasteiger partial charge in [-0.3, -0.25) is 4.79 Å². The Balaban J connectivity index is 2.10. The second-order valence-electron chi connectivity index (χ2n) is 5.24. The van der Waals surface area contributed by atoms with E-state index < -0.39 is 18.3 Å². The number of carbonyl (C=O) groups is 1. The molecule has 0 fully saturated rings. The molecule has 1 heterocycles. The van der Waals surface area contributed by atoms with E-state index in [1.54, 1.807) is 12.1 Å². The molecule has 0 saturated carbocycles. The molecule has 1 aromatic heterocycles. The first-order valence-corrected chi connectivity index (χ1v) is 7.07. The van der Waals surface area contributed by atoms with E-state index in [0.29, 0.717) is 28.1 Å². The Hall–Kier alpha value is -2.08. The molecule has 0 radical (unpaired) electrons. The number of rotatable bonds is 2. The summed E-state index contributed by atoms with van der Waals surface area (Å²) in [6, 6.07) is 6.29. The maximum absolute atomic E-state index is 13.7. The van der Waals surface area contributed by atoms with Crippen LogP contribution in [0.25, 0.3) is 11.3 Å². The van der Waals surface area contributed by atoms with Crippen molar-refractivity contribution in [1.82, 2.24) is 9.97 Å². The SMILES string of the molecule is NC(=O)c1ccc(-c2nc(Cl)nc3c2CC(F)(F)CC3)cc1. The normalized spacial score (nSPS) is 16.1. The molecule has 0 unspecified atom stereocenters. The van der Waals surface area contributed by atoms with Crippen molar-refractivity contribution in [3.63, 3.8) is 0 Å². The summed E-state index contributed by atoms with van der Waals surface area (Å²) >= 11 is 5.90. The van der Waals surface area contributed by atoms with Gasteiger partial charge in [-0.05, 0) is 30.2 Å². The van der Waals surface area contributed by atoms with Crippen molar-refractivity contribution in [1.29, 1.82) is 0 Å². The fourth-order valence-corrected chi connectivity index (χ4v) is 2.76. The van der Waals surface area contributed by atoms with Gasteiger partial charge in [0.2, 0.25) is 11.2 Å². The number of hydrogen-bond acceptors (Lipinski definition) is 3. The predicted octanol–water partition coefficient (Wildman–Crippen LogP) is 3.02. The van der Waals surface area contributed by atoms with Gasteiger partial charge in [-0.2, -0.15) is 0 Å². The minimum absolute atomic E-state index is 0.0259. The third-order valence-corrected chi connectivity index (χ3v) is 3.84. The zero-order chi connectivity index (χ0) is 15.9. The summed E-state index contributed by atoms with van der Waals surface area (Å²) < 4.78 is 27.4. The van der Waals surface area contributed by atoms with E-state index >= 15 is 0 Å². The molecule has 22 heavy (non-hydrogen) atoms. The van der Waals surface area contributed by atoms with E-state index in [1.807, 2.05) is 0 Å².